The Morgan fingerprint density at radius 3 is 2.45 bits per heavy atom. The first-order chi connectivity index (χ1) is 9.72. The third kappa shape index (κ3) is 4.23. The first-order valence-electron chi connectivity index (χ1n) is 8.50. The Balaban J connectivity index is 1.85. The van der Waals surface area contributed by atoms with Gasteiger partial charge in [-0.1, -0.05) is 69.9 Å². The molecule has 0 nitrogen and oxygen atoms in total. The molecule has 20 heavy (non-hydrogen) atoms. The second-order valence-corrected chi connectivity index (χ2v) is 6.41. The summed E-state index contributed by atoms with van der Waals surface area (Å²) in [6, 6.07) is 7.07. The molecule has 1 fully saturated rings. The Hall–Kier alpha value is -1.04. The summed E-state index contributed by atoms with van der Waals surface area (Å²) in [6.45, 7) is 8.82. The smallest absolute Gasteiger partial charge is 0.0241 e. The molecular formula is C20H30. The molecular weight excluding hydrogens is 240 g/mol. The van der Waals surface area contributed by atoms with Crippen LogP contribution in [-0.4, -0.2) is 0 Å². The van der Waals surface area contributed by atoms with Gasteiger partial charge in [0.25, 0.3) is 0 Å². The van der Waals surface area contributed by atoms with E-state index in [1.807, 2.05) is 0 Å². The van der Waals surface area contributed by atoms with Gasteiger partial charge in [-0.3, -0.25) is 0 Å². The van der Waals surface area contributed by atoms with Gasteiger partial charge in [-0.2, -0.15) is 0 Å². The van der Waals surface area contributed by atoms with Gasteiger partial charge in [-0.25, -0.2) is 0 Å². The molecule has 0 atom stereocenters. The standard InChI is InChI=1S/C20H30/c1-4-19-13-12-18(15-20(19)5-2)11-10-16(3)14-17-8-6-7-9-17/h12-13,15,17H,3-11,14H2,1-2H3. The van der Waals surface area contributed by atoms with Gasteiger partial charge in [-0.15, -0.1) is 0 Å². The highest BCUT2D eigenvalue weighted by Gasteiger charge is 2.15. The van der Waals surface area contributed by atoms with Crippen molar-refractivity contribution in [1.29, 1.82) is 0 Å². The van der Waals surface area contributed by atoms with Gasteiger partial charge in [0, 0.05) is 0 Å². The number of aryl methyl sites for hydroxylation is 3. The van der Waals surface area contributed by atoms with Crippen LogP contribution in [0.2, 0.25) is 0 Å². The van der Waals surface area contributed by atoms with Crippen molar-refractivity contribution >= 4 is 0 Å². The van der Waals surface area contributed by atoms with E-state index in [9.17, 15) is 0 Å². The fourth-order valence-corrected chi connectivity index (χ4v) is 3.55. The van der Waals surface area contributed by atoms with Gasteiger partial charge in [-0.05, 0) is 54.7 Å². The molecule has 0 heteroatoms. The predicted molar refractivity (Wildman–Crippen MR) is 89.2 cm³/mol. The van der Waals surface area contributed by atoms with E-state index in [1.54, 1.807) is 0 Å². The minimum Gasteiger partial charge on any atom is -0.0998 e. The van der Waals surface area contributed by atoms with Crippen molar-refractivity contribution in [1.82, 2.24) is 0 Å². The van der Waals surface area contributed by atoms with Crippen LogP contribution in [0.15, 0.2) is 30.4 Å². The Morgan fingerprint density at radius 1 is 1.10 bits per heavy atom. The van der Waals surface area contributed by atoms with Gasteiger partial charge in [0.1, 0.15) is 0 Å². The van der Waals surface area contributed by atoms with Crippen molar-refractivity contribution in [3.63, 3.8) is 0 Å². The average Bonchev–Trinajstić information content (AvgIpc) is 2.97. The fourth-order valence-electron chi connectivity index (χ4n) is 3.55. The summed E-state index contributed by atoms with van der Waals surface area (Å²) in [5, 5.41) is 0. The maximum atomic E-state index is 4.31. The SMILES string of the molecule is C=C(CCc1ccc(CC)c(CC)c1)CC1CCCC1. The number of benzene rings is 1. The van der Waals surface area contributed by atoms with Gasteiger partial charge >= 0.3 is 0 Å². The van der Waals surface area contributed by atoms with Crippen LogP contribution in [0.5, 0.6) is 0 Å². The largest absolute Gasteiger partial charge is 0.0998 e. The number of rotatable bonds is 7. The highest BCUT2D eigenvalue weighted by molar-refractivity contribution is 5.32. The summed E-state index contributed by atoms with van der Waals surface area (Å²) in [6.07, 6.45) is 11.7. The van der Waals surface area contributed by atoms with E-state index in [1.165, 1.54) is 67.2 Å². The van der Waals surface area contributed by atoms with E-state index < -0.39 is 0 Å². The maximum absolute atomic E-state index is 4.31. The molecule has 2 rings (SSSR count). The predicted octanol–water partition coefficient (Wildman–Crippen LogP) is 5.88. The zero-order chi connectivity index (χ0) is 14.4. The van der Waals surface area contributed by atoms with E-state index in [-0.39, 0.29) is 0 Å². The number of hydrogen-bond acceptors (Lipinski definition) is 0. The van der Waals surface area contributed by atoms with Crippen LogP contribution >= 0.6 is 0 Å². The van der Waals surface area contributed by atoms with Crippen LogP contribution in [0.25, 0.3) is 0 Å². The molecule has 1 aliphatic carbocycles. The summed E-state index contributed by atoms with van der Waals surface area (Å²) in [7, 11) is 0. The lowest BCUT2D eigenvalue weighted by atomic mass is 9.93. The van der Waals surface area contributed by atoms with E-state index >= 15 is 0 Å². The highest BCUT2D eigenvalue weighted by atomic mass is 14.2. The second kappa shape index (κ2) is 7.67. The van der Waals surface area contributed by atoms with Crippen molar-refractivity contribution in [3.05, 3.63) is 47.0 Å². The molecule has 1 saturated carbocycles. The number of hydrogen-bond donors (Lipinski definition) is 0. The van der Waals surface area contributed by atoms with Crippen LogP contribution in [0.3, 0.4) is 0 Å². The van der Waals surface area contributed by atoms with Crippen molar-refractivity contribution in [2.24, 2.45) is 5.92 Å². The van der Waals surface area contributed by atoms with Crippen molar-refractivity contribution in [3.8, 4) is 0 Å². The van der Waals surface area contributed by atoms with Crippen molar-refractivity contribution < 1.29 is 0 Å². The molecule has 0 amide bonds. The van der Waals surface area contributed by atoms with Gasteiger partial charge in [0.2, 0.25) is 0 Å². The molecule has 0 saturated heterocycles. The Labute approximate surface area is 125 Å². The molecule has 0 heterocycles. The molecule has 0 N–H and O–H groups in total. The number of allylic oxidation sites excluding steroid dienone is 1. The fraction of sp³-hybridized carbons (Fsp3) is 0.600. The lowest BCUT2D eigenvalue weighted by molar-refractivity contribution is 0.535. The van der Waals surface area contributed by atoms with E-state index in [2.05, 4.69) is 38.6 Å². The lowest BCUT2D eigenvalue weighted by Gasteiger charge is -2.13. The Kier molecular flexibility index (Phi) is 5.88. The second-order valence-electron chi connectivity index (χ2n) is 6.41. The van der Waals surface area contributed by atoms with Crippen LogP contribution < -0.4 is 0 Å². The van der Waals surface area contributed by atoms with Gasteiger partial charge in [0.05, 0.1) is 0 Å². The highest BCUT2D eigenvalue weighted by Crippen LogP contribution is 2.30. The maximum Gasteiger partial charge on any atom is -0.0241 e. The minimum absolute atomic E-state index is 0.941. The van der Waals surface area contributed by atoms with Crippen LogP contribution in [0.1, 0.15) is 69.1 Å². The zero-order valence-corrected chi connectivity index (χ0v) is 13.4. The quantitative estimate of drug-likeness (QED) is 0.543. The molecule has 0 aliphatic heterocycles. The first-order valence-corrected chi connectivity index (χ1v) is 8.50. The van der Waals surface area contributed by atoms with Crippen LogP contribution in [0, 0.1) is 5.92 Å². The summed E-state index contributed by atoms with van der Waals surface area (Å²) in [5.74, 6) is 0.941. The summed E-state index contributed by atoms with van der Waals surface area (Å²) >= 11 is 0. The third-order valence-corrected chi connectivity index (χ3v) is 4.85. The molecule has 0 radical (unpaired) electrons. The molecule has 0 aromatic heterocycles. The van der Waals surface area contributed by atoms with E-state index in [0.29, 0.717) is 0 Å². The first kappa shape index (κ1) is 15.4. The minimum atomic E-state index is 0.941. The Morgan fingerprint density at radius 2 is 1.80 bits per heavy atom. The molecule has 110 valence electrons. The topological polar surface area (TPSA) is 0 Å². The molecule has 1 aromatic carbocycles. The Bertz CT molecular complexity index is 435. The monoisotopic (exact) mass is 270 g/mol. The van der Waals surface area contributed by atoms with Crippen molar-refractivity contribution in [2.75, 3.05) is 0 Å². The molecule has 1 aliphatic rings. The zero-order valence-electron chi connectivity index (χ0n) is 13.4. The molecule has 1 aromatic rings. The van der Waals surface area contributed by atoms with Gasteiger partial charge in [0.15, 0.2) is 0 Å². The third-order valence-electron chi connectivity index (χ3n) is 4.85. The molecule has 0 unspecified atom stereocenters. The normalized spacial score (nSPS) is 15.7. The lowest BCUT2D eigenvalue weighted by Crippen LogP contribution is -1.98. The summed E-state index contributed by atoms with van der Waals surface area (Å²) in [5.41, 5.74) is 6.01. The average molecular weight is 270 g/mol. The molecule has 0 spiro atoms. The summed E-state index contributed by atoms with van der Waals surface area (Å²) in [4.78, 5) is 0. The van der Waals surface area contributed by atoms with E-state index in [4.69, 9.17) is 0 Å². The van der Waals surface area contributed by atoms with Gasteiger partial charge < -0.3 is 0 Å². The van der Waals surface area contributed by atoms with E-state index in [0.717, 1.165) is 18.8 Å². The molecule has 0 bridgehead atoms. The van der Waals surface area contributed by atoms with Crippen molar-refractivity contribution in [2.45, 2.75) is 71.6 Å². The van der Waals surface area contributed by atoms with Crippen LogP contribution in [0.4, 0.5) is 0 Å². The van der Waals surface area contributed by atoms with Crippen LogP contribution in [-0.2, 0) is 19.3 Å². The summed E-state index contributed by atoms with van der Waals surface area (Å²) < 4.78 is 0.